The minimum Gasteiger partial charge on any atom is -0.299 e. The summed E-state index contributed by atoms with van der Waals surface area (Å²) in [6.07, 6.45) is 7.03. The molecule has 1 aromatic heterocycles. The molecule has 0 aliphatic carbocycles. The Morgan fingerprint density at radius 1 is 1.91 bits per heavy atom. The highest BCUT2D eigenvalue weighted by molar-refractivity contribution is 7.09. The molecule has 0 radical (unpaired) electrons. The average Bonchev–Trinajstić information content (AvgIpc) is 2.52. The van der Waals surface area contributed by atoms with Crippen molar-refractivity contribution in [2.45, 2.75) is 19.5 Å². The zero-order chi connectivity index (χ0) is 8.10. The van der Waals surface area contributed by atoms with Gasteiger partial charge in [0.05, 0.1) is 11.6 Å². The predicted molar refractivity (Wildman–Crippen MR) is 47.2 cm³/mol. The Labute approximate surface area is 70.7 Å². The summed E-state index contributed by atoms with van der Waals surface area (Å²) in [7, 11) is 0. The number of terminal acetylenes is 1. The minimum absolute atomic E-state index is 0.136. The van der Waals surface area contributed by atoms with Crippen molar-refractivity contribution in [1.82, 2.24) is 10.3 Å². The van der Waals surface area contributed by atoms with Crippen LogP contribution >= 0.6 is 11.3 Å². The van der Waals surface area contributed by atoms with Gasteiger partial charge in [-0.15, -0.1) is 17.8 Å². The molecule has 0 aromatic carbocycles. The second kappa shape index (κ2) is 4.12. The van der Waals surface area contributed by atoms with Crippen LogP contribution in [0.1, 0.15) is 11.8 Å². The van der Waals surface area contributed by atoms with Gasteiger partial charge < -0.3 is 0 Å². The van der Waals surface area contributed by atoms with E-state index in [9.17, 15) is 0 Å². The molecule has 1 heterocycles. The van der Waals surface area contributed by atoms with E-state index in [4.69, 9.17) is 6.42 Å². The Hall–Kier alpha value is -0.850. The molecule has 11 heavy (non-hydrogen) atoms. The monoisotopic (exact) mass is 166 g/mol. The molecule has 0 saturated carbocycles. The number of aromatic nitrogens is 1. The molecular formula is C8H10N2S. The Balaban J connectivity index is 2.30. The normalized spacial score (nSPS) is 12.4. The summed E-state index contributed by atoms with van der Waals surface area (Å²) in [6, 6.07) is 0.136. The minimum atomic E-state index is 0.136. The van der Waals surface area contributed by atoms with Gasteiger partial charge in [0.15, 0.2) is 0 Å². The Kier molecular flexibility index (Phi) is 3.09. The molecule has 0 bridgehead atoms. The summed E-state index contributed by atoms with van der Waals surface area (Å²) in [5, 5.41) is 3.17. The first-order valence-corrected chi connectivity index (χ1v) is 4.28. The van der Waals surface area contributed by atoms with Crippen LogP contribution in [0.5, 0.6) is 0 Å². The molecule has 1 unspecified atom stereocenters. The third-order valence-electron chi connectivity index (χ3n) is 1.32. The second-order valence-electron chi connectivity index (χ2n) is 2.24. The summed E-state index contributed by atoms with van der Waals surface area (Å²) in [6.45, 7) is 2.77. The molecule has 2 nitrogen and oxygen atoms in total. The van der Waals surface area contributed by atoms with Crippen molar-refractivity contribution in [3.63, 3.8) is 0 Å². The SMILES string of the molecule is C#CC(C)NCc1cncs1. The van der Waals surface area contributed by atoms with Crippen LogP contribution in [0.3, 0.4) is 0 Å². The highest BCUT2D eigenvalue weighted by Crippen LogP contribution is 2.04. The standard InChI is InChI=1S/C8H10N2S/c1-3-7(2)10-5-8-4-9-6-11-8/h1,4,6-7,10H,5H2,2H3. The van der Waals surface area contributed by atoms with Crippen LogP contribution in [0.4, 0.5) is 0 Å². The summed E-state index contributed by atoms with van der Waals surface area (Å²) >= 11 is 1.63. The summed E-state index contributed by atoms with van der Waals surface area (Å²) in [5.41, 5.74) is 1.82. The van der Waals surface area contributed by atoms with E-state index in [2.05, 4.69) is 16.2 Å². The number of thiazole rings is 1. The number of rotatable bonds is 3. The van der Waals surface area contributed by atoms with Crippen molar-refractivity contribution in [1.29, 1.82) is 0 Å². The van der Waals surface area contributed by atoms with Crippen molar-refractivity contribution in [3.8, 4) is 12.3 Å². The van der Waals surface area contributed by atoms with E-state index in [1.807, 2.05) is 18.6 Å². The van der Waals surface area contributed by atoms with Crippen LogP contribution in [-0.2, 0) is 6.54 Å². The van der Waals surface area contributed by atoms with E-state index in [1.165, 1.54) is 4.88 Å². The second-order valence-corrected chi connectivity index (χ2v) is 3.21. The van der Waals surface area contributed by atoms with E-state index < -0.39 is 0 Å². The number of hydrogen-bond acceptors (Lipinski definition) is 3. The van der Waals surface area contributed by atoms with Crippen molar-refractivity contribution < 1.29 is 0 Å². The van der Waals surface area contributed by atoms with Crippen LogP contribution in [0.15, 0.2) is 11.7 Å². The third-order valence-corrected chi connectivity index (χ3v) is 2.10. The lowest BCUT2D eigenvalue weighted by Gasteiger charge is -2.03. The fourth-order valence-corrected chi connectivity index (χ4v) is 1.19. The first-order chi connectivity index (χ1) is 5.33. The topological polar surface area (TPSA) is 24.9 Å². The van der Waals surface area contributed by atoms with E-state index >= 15 is 0 Å². The van der Waals surface area contributed by atoms with Crippen molar-refractivity contribution >= 4 is 11.3 Å². The first-order valence-electron chi connectivity index (χ1n) is 3.40. The van der Waals surface area contributed by atoms with Crippen LogP contribution in [0, 0.1) is 12.3 Å². The van der Waals surface area contributed by atoms with Crippen molar-refractivity contribution in [3.05, 3.63) is 16.6 Å². The Morgan fingerprint density at radius 2 is 2.73 bits per heavy atom. The molecule has 0 amide bonds. The molecule has 0 spiro atoms. The van der Waals surface area contributed by atoms with Crippen molar-refractivity contribution in [2.24, 2.45) is 0 Å². The van der Waals surface area contributed by atoms with Crippen LogP contribution in [0.2, 0.25) is 0 Å². The van der Waals surface area contributed by atoms with Gasteiger partial charge in [-0.1, -0.05) is 5.92 Å². The Bertz CT molecular complexity index is 235. The zero-order valence-electron chi connectivity index (χ0n) is 6.37. The number of hydrogen-bond donors (Lipinski definition) is 1. The van der Waals surface area contributed by atoms with Crippen LogP contribution in [0.25, 0.3) is 0 Å². The molecule has 58 valence electrons. The molecule has 1 atom stereocenters. The zero-order valence-corrected chi connectivity index (χ0v) is 7.19. The van der Waals surface area contributed by atoms with Gasteiger partial charge in [0.2, 0.25) is 0 Å². The quantitative estimate of drug-likeness (QED) is 0.684. The van der Waals surface area contributed by atoms with Gasteiger partial charge in [-0.25, -0.2) is 0 Å². The maximum absolute atomic E-state index is 5.19. The lowest BCUT2D eigenvalue weighted by atomic mass is 10.3. The number of nitrogens with zero attached hydrogens (tertiary/aromatic N) is 1. The fraction of sp³-hybridized carbons (Fsp3) is 0.375. The third kappa shape index (κ3) is 2.71. The van der Waals surface area contributed by atoms with Gasteiger partial charge in [0, 0.05) is 17.6 Å². The average molecular weight is 166 g/mol. The predicted octanol–water partition coefficient (Wildman–Crippen LogP) is 1.25. The maximum Gasteiger partial charge on any atom is 0.0794 e. The Morgan fingerprint density at radius 3 is 3.27 bits per heavy atom. The van der Waals surface area contributed by atoms with Gasteiger partial charge in [-0.2, -0.15) is 0 Å². The summed E-state index contributed by atoms with van der Waals surface area (Å²) in [4.78, 5) is 5.17. The van der Waals surface area contributed by atoms with Gasteiger partial charge in [-0.05, 0) is 6.92 Å². The molecule has 1 aromatic rings. The molecule has 0 aliphatic heterocycles. The van der Waals surface area contributed by atoms with E-state index in [0.717, 1.165) is 6.54 Å². The van der Waals surface area contributed by atoms with Gasteiger partial charge in [0.1, 0.15) is 0 Å². The molecular weight excluding hydrogens is 156 g/mol. The van der Waals surface area contributed by atoms with E-state index in [1.54, 1.807) is 11.3 Å². The van der Waals surface area contributed by atoms with Crippen LogP contribution < -0.4 is 5.32 Å². The first kappa shape index (κ1) is 8.25. The summed E-state index contributed by atoms with van der Waals surface area (Å²) in [5.74, 6) is 2.60. The highest BCUT2D eigenvalue weighted by atomic mass is 32.1. The molecule has 0 saturated heterocycles. The number of nitrogens with one attached hydrogen (secondary N) is 1. The van der Waals surface area contributed by atoms with Gasteiger partial charge in [-0.3, -0.25) is 10.3 Å². The van der Waals surface area contributed by atoms with Gasteiger partial charge >= 0.3 is 0 Å². The van der Waals surface area contributed by atoms with Gasteiger partial charge in [0.25, 0.3) is 0 Å². The smallest absolute Gasteiger partial charge is 0.0794 e. The van der Waals surface area contributed by atoms with E-state index in [-0.39, 0.29) is 6.04 Å². The molecule has 0 aliphatic rings. The summed E-state index contributed by atoms with van der Waals surface area (Å²) < 4.78 is 0. The highest BCUT2D eigenvalue weighted by Gasteiger charge is 1.96. The lowest BCUT2D eigenvalue weighted by Crippen LogP contribution is -2.22. The molecule has 1 rings (SSSR count). The largest absolute Gasteiger partial charge is 0.299 e. The fourth-order valence-electron chi connectivity index (χ4n) is 0.642. The molecule has 3 heteroatoms. The van der Waals surface area contributed by atoms with Crippen molar-refractivity contribution in [2.75, 3.05) is 0 Å². The lowest BCUT2D eigenvalue weighted by molar-refractivity contribution is 0.653. The van der Waals surface area contributed by atoms with E-state index in [0.29, 0.717) is 0 Å². The molecule has 1 N–H and O–H groups in total. The molecule has 0 fully saturated rings. The maximum atomic E-state index is 5.19. The van der Waals surface area contributed by atoms with Crippen LogP contribution in [-0.4, -0.2) is 11.0 Å².